The molecule has 0 bridgehead atoms. The van der Waals surface area contributed by atoms with Crippen LogP contribution in [-0.2, 0) is 6.42 Å². The van der Waals surface area contributed by atoms with E-state index in [2.05, 4.69) is 51.4 Å². The molecule has 160 valence electrons. The average molecular weight is 431 g/mol. The van der Waals surface area contributed by atoms with Crippen LogP contribution in [0.4, 0.5) is 0 Å². The third-order valence-corrected chi connectivity index (χ3v) is 5.72. The Kier molecular flexibility index (Phi) is 5.52. The lowest BCUT2D eigenvalue weighted by molar-refractivity contribution is 0.475. The summed E-state index contributed by atoms with van der Waals surface area (Å²) in [5, 5.41) is 19.4. The molecule has 4 aromatic carbocycles. The average Bonchev–Trinajstić information content (AvgIpc) is 3.25. The van der Waals surface area contributed by atoms with Gasteiger partial charge in [0.25, 0.3) is 0 Å². The van der Waals surface area contributed by atoms with Crippen LogP contribution in [0.3, 0.4) is 0 Å². The van der Waals surface area contributed by atoms with Crippen molar-refractivity contribution in [1.29, 1.82) is 0 Å². The topological polar surface area (TPSA) is 79.1 Å². The lowest BCUT2D eigenvalue weighted by atomic mass is 9.88. The van der Waals surface area contributed by atoms with Gasteiger partial charge in [0, 0.05) is 0 Å². The molecule has 0 saturated heterocycles. The van der Waals surface area contributed by atoms with Gasteiger partial charge in [-0.15, -0.1) is 0 Å². The van der Waals surface area contributed by atoms with E-state index in [9.17, 15) is 10.2 Å². The third kappa shape index (κ3) is 4.16. The van der Waals surface area contributed by atoms with E-state index >= 15 is 0 Å². The van der Waals surface area contributed by atoms with E-state index in [1.165, 1.54) is 46.8 Å². The number of hydrogen-bond acceptors (Lipinski definition) is 5. The fourth-order valence-electron chi connectivity index (χ4n) is 4.26. The van der Waals surface area contributed by atoms with Gasteiger partial charge in [0.1, 0.15) is 30.5 Å². The van der Waals surface area contributed by atoms with Crippen molar-refractivity contribution in [2.45, 2.75) is 6.42 Å². The van der Waals surface area contributed by atoms with Crippen LogP contribution >= 0.6 is 0 Å². The van der Waals surface area contributed by atoms with Crippen molar-refractivity contribution in [3.8, 4) is 44.9 Å². The number of nitrogens with zero attached hydrogens (tertiary/aromatic N) is 3. The summed E-state index contributed by atoms with van der Waals surface area (Å²) in [5.41, 5.74) is 9.70. The maximum Gasteiger partial charge on any atom is 0.119 e. The van der Waals surface area contributed by atoms with Crippen molar-refractivity contribution in [3.05, 3.63) is 115 Å². The Balaban J connectivity index is 0.000000332. The van der Waals surface area contributed by atoms with E-state index < -0.39 is 0 Å². The number of aromatic nitrogens is 3. The molecule has 1 aliphatic carbocycles. The van der Waals surface area contributed by atoms with Crippen molar-refractivity contribution in [1.82, 2.24) is 15.0 Å². The van der Waals surface area contributed by atoms with Crippen LogP contribution in [0.1, 0.15) is 11.1 Å². The molecule has 1 heterocycles. The van der Waals surface area contributed by atoms with Crippen molar-refractivity contribution in [3.63, 3.8) is 0 Å². The van der Waals surface area contributed by atoms with Gasteiger partial charge in [-0.1, -0.05) is 60.7 Å². The highest BCUT2D eigenvalue weighted by atomic mass is 16.3. The summed E-state index contributed by atoms with van der Waals surface area (Å²) in [5.74, 6) is 0.527. The number of benzene rings is 4. The minimum Gasteiger partial charge on any atom is -0.508 e. The molecule has 0 saturated carbocycles. The molecule has 5 heteroatoms. The van der Waals surface area contributed by atoms with E-state index in [1.807, 2.05) is 24.3 Å². The molecule has 0 fully saturated rings. The minimum absolute atomic E-state index is 0.262. The van der Waals surface area contributed by atoms with Gasteiger partial charge >= 0.3 is 0 Å². The maximum absolute atomic E-state index is 9.73. The lowest BCUT2D eigenvalue weighted by Gasteiger charge is -2.16. The van der Waals surface area contributed by atoms with E-state index in [0.717, 1.165) is 23.1 Å². The highest BCUT2D eigenvalue weighted by Crippen LogP contribution is 2.46. The SMILES string of the molecule is Oc1ccc(-c2ccc3c(c2-c2ccc(O)cc2)Cc2ccccc2-3)cc1.c1ncncn1. The van der Waals surface area contributed by atoms with Crippen LogP contribution in [0.5, 0.6) is 11.5 Å². The quantitative estimate of drug-likeness (QED) is 0.358. The van der Waals surface area contributed by atoms with Gasteiger partial charge < -0.3 is 10.2 Å². The van der Waals surface area contributed by atoms with Crippen molar-refractivity contribution < 1.29 is 10.2 Å². The summed E-state index contributed by atoms with van der Waals surface area (Å²) in [6, 6.07) is 27.7. The van der Waals surface area contributed by atoms with E-state index in [4.69, 9.17) is 0 Å². The van der Waals surface area contributed by atoms with Crippen LogP contribution in [0.15, 0.2) is 104 Å². The zero-order valence-electron chi connectivity index (χ0n) is 17.8. The summed E-state index contributed by atoms with van der Waals surface area (Å²) in [7, 11) is 0. The van der Waals surface area contributed by atoms with Crippen molar-refractivity contribution in [2.75, 3.05) is 0 Å². The predicted molar refractivity (Wildman–Crippen MR) is 129 cm³/mol. The summed E-state index contributed by atoms with van der Waals surface area (Å²) >= 11 is 0. The number of rotatable bonds is 2. The molecule has 1 aromatic heterocycles. The molecule has 0 atom stereocenters. The zero-order valence-corrected chi connectivity index (χ0v) is 17.8. The highest BCUT2D eigenvalue weighted by molar-refractivity contribution is 5.93. The first kappa shape index (κ1) is 20.4. The van der Waals surface area contributed by atoms with Gasteiger partial charge in [0.05, 0.1) is 0 Å². The minimum atomic E-state index is 0.262. The fourth-order valence-corrected chi connectivity index (χ4v) is 4.26. The Labute approximate surface area is 191 Å². The van der Waals surface area contributed by atoms with E-state index in [-0.39, 0.29) is 11.5 Å². The molecule has 6 rings (SSSR count). The van der Waals surface area contributed by atoms with Gasteiger partial charge in [-0.2, -0.15) is 0 Å². The third-order valence-electron chi connectivity index (χ3n) is 5.72. The summed E-state index contributed by atoms with van der Waals surface area (Å²) in [4.78, 5) is 10.7. The normalized spacial score (nSPS) is 11.2. The Bertz CT molecular complexity index is 1360. The number of hydrogen-bond donors (Lipinski definition) is 2. The Hall–Kier alpha value is -4.51. The Morgan fingerprint density at radius 3 is 1.67 bits per heavy atom. The second kappa shape index (κ2) is 8.93. The summed E-state index contributed by atoms with van der Waals surface area (Å²) in [6.45, 7) is 0. The Morgan fingerprint density at radius 1 is 0.515 bits per heavy atom. The van der Waals surface area contributed by atoms with Gasteiger partial charge in [0.2, 0.25) is 0 Å². The summed E-state index contributed by atoms with van der Waals surface area (Å²) < 4.78 is 0. The van der Waals surface area contributed by atoms with E-state index in [1.54, 1.807) is 24.3 Å². The molecular formula is C28H21N3O2. The maximum atomic E-state index is 9.73. The number of phenols is 2. The molecule has 0 spiro atoms. The van der Waals surface area contributed by atoms with Crippen molar-refractivity contribution in [2.24, 2.45) is 0 Å². The molecule has 0 radical (unpaired) electrons. The van der Waals surface area contributed by atoms with Crippen molar-refractivity contribution >= 4 is 0 Å². The monoisotopic (exact) mass is 431 g/mol. The molecule has 5 nitrogen and oxygen atoms in total. The molecule has 0 aliphatic heterocycles. The largest absolute Gasteiger partial charge is 0.508 e. The number of aromatic hydroxyl groups is 2. The van der Waals surface area contributed by atoms with Gasteiger partial charge in [0.15, 0.2) is 0 Å². The number of fused-ring (bicyclic) bond motifs is 3. The number of phenolic OH excluding ortho intramolecular Hbond substituents is 2. The van der Waals surface area contributed by atoms with Crippen LogP contribution in [-0.4, -0.2) is 25.2 Å². The zero-order chi connectivity index (χ0) is 22.6. The highest BCUT2D eigenvalue weighted by Gasteiger charge is 2.24. The second-order valence-corrected chi connectivity index (χ2v) is 7.74. The van der Waals surface area contributed by atoms with Gasteiger partial charge in [-0.3, -0.25) is 0 Å². The predicted octanol–water partition coefficient (Wildman–Crippen LogP) is 5.87. The van der Waals surface area contributed by atoms with E-state index in [0.29, 0.717) is 0 Å². The second-order valence-electron chi connectivity index (χ2n) is 7.74. The smallest absolute Gasteiger partial charge is 0.119 e. The van der Waals surface area contributed by atoms with Crippen LogP contribution in [0.2, 0.25) is 0 Å². The molecular weight excluding hydrogens is 410 g/mol. The summed E-state index contributed by atoms with van der Waals surface area (Å²) in [6.07, 6.45) is 5.21. The van der Waals surface area contributed by atoms with Crippen LogP contribution < -0.4 is 0 Å². The standard InChI is InChI=1S/C25H18O2.C3H3N3/c26-19-9-5-16(6-10-19)22-13-14-23-21-4-2-1-3-18(21)15-24(23)25(22)17-7-11-20(27)12-8-17;1-4-2-6-3-5-1/h1-14,26-27H,15H2;1-3H. The van der Waals surface area contributed by atoms with Crippen LogP contribution in [0, 0.1) is 0 Å². The molecule has 2 N–H and O–H groups in total. The molecule has 0 unspecified atom stereocenters. The first-order valence-corrected chi connectivity index (χ1v) is 10.6. The fraction of sp³-hybridized carbons (Fsp3) is 0.0357. The molecule has 5 aromatic rings. The molecule has 1 aliphatic rings. The molecule has 0 amide bonds. The molecule has 33 heavy (non-hydrogen) atoms. The first-order chi connectivity index (χ1) is 16.2. The lowest BCUT2D eigenvalue weighted by Crippen LogP contribution is -1.93. The van der Waals surface area contributed by atoms with Gasteiger partial charge in [-0.25, -0.2) is 15.0 Å². The van der Waals surface area contributed by atoms with Crippen LogP contribution in [0.25, 0.3) is 33.4 Å². The Morgan fingerprint density at radius 2 is 1.06 bits per heavy atom. The van der Waals surface area contributed by atoms with Gasteiger partial charge in [-0.05, 0) is 75.2 Å². The first-order valence-electron chi connectivity index (χ1n) is 10.6.